The van der Waals surface area contributed by atoms with Crippen LogP contribution in [0, 0.1) is 0 Å². The number of nitrogens with one attached hydrogen (secondary N) is 1. The standard InChI is InChI=1S/C9H12BrNO4S2/c1-16(12,13)9-4-2-8(3-5-9)6-11-17(14,15)7-10/h2-5,11H,6-7H2,1H3. The fourth-order valence-electron chi connectivity index (χ4n) is 1.09. The molecule has 0 saturated carbocycles. The summed E-state index contributed by atoms with van der Waals surface area (Å²) < 4.78 is 46.9. The lowest BCUT2D eigenvalue weighted by Crippen LogP contribution is -2.23. The number of benzene rings is 1. The molecular weight excluding hydrogens is 330 g/mol. The van der Waals surface area contributed by atoms with Gasteiger partial charge in [0.2, 0.25) is 10.0 Å². The Morgan fingerprint density at radius 3 is 2.06 bits per heavy atom. The molecule has 0 fully saturated rings. The maximum absolute atomic E-state index is 11.2. The first-order valence-electron chi connectivity index (χ1n) is 4.57. The fraction of sp³-hybridized carbons (Fsp3) is 0.333. The molecule has 0 aliphatic rings. The van der Waals surface area contributed by atoms with E-state index in [9.17, 15) is 16.8 Å². The minimum absolute atomic E-state index is 0.137. The lowest BCUT2D eigenvalue weighted by atomic mass is 10.2. The van der Waals surface area contributed by atoms with Gasteiger partial charge in [0.1, 0.15) is 4.66 Å². The average molecular weight is 342 g/mol. The molecule has 0 aliphatic carbocycles. The predicted octanol–water partition coefficient (Wildman–Crippen LogP) is 0.862. The minimum atomic E-state index is -3.31. The molecule has 1 aromatic rings. The summed E-state index contributed by atoms with van der Waals surface area (Å²) >= 11 is 2.85. The Labute approximate surface area is 109 Å². The summed E-state index contributed by atoms with van der Waals surface area (Å²) in [7, 11) is -6.52. The summed E-state index contributed by atoms with van der Waals surface area (Å²) in [5.41, 5.74) is 0.696. The van der Waals surface area contributed by atoms with Crippen molar-refractivity contribution in [3.8, 4) is 0 Å². The molecule has 0 radical (unpaired) electrons. The Hall–Kier alpha value is -0.440. The first kappa shape index (κ1) is 14.6. The van der Waals surface area contributed by atoms with Gasteiger partial charge in [-0.05, 0) is 17.7 Å². The maximum Gasteiger partial charge on any atom is 0.221 e. The molecule has 1 aromatic carbocycles. The van der Waals surface area contributed by atoms with Gasteiger partial charge in [-0.3, -0.25) is 0 Å². The van der Waals surface area contributed by atoms with E-state index in [1.165, 1.54) is 12.1 Å². The van der Waals surface area contributed by atoms with E-state index in [0.717, 1.165) is 6.26 Å². The first-order chi connectivity index (χ1) is 7.74. The monoisotopic (exact) mass is 341 g/mol. The van der Waals surface area contributed by atoms with E-state index in [2.05, 4.69) is 20.7 Å². The molecule has 0 aromatic heterocycles. The van der Waals surface area contributed by atoms with Crippen LogP contribution in [0.2, 0.25) is 0 Å². The summed E-state index contributed by atoms with van der Waals surface area (Å²) in [6, 6.07) is 6.06. The van der Waals surface area contributed by atoms with Gasteiger partial charge < -0.3 is 0 Å². The van der Waals surface area contributed by atoms with E-state index in [-0.39, 0.29) is 16.1 Å². The summed E-state index contributed by atoms with van der Waals surface area (Å²) in [6.07, 6.45) is 1.12. The number of alkyl halides is 1. The molecule has 0 amide bonds. The quantitative estimate of drug-likeness (QED) is 0.805. The van der Waals surface area contributed by atoms with Crippen LogP contribution in [0.15, 0.2) is 29.2 Å². The van der Waals surface area contributed by atoms with Gasteiger partial charge in [-0.25, -0.2) is 21.6 Å². The van der Waals surface area contributed by atoms with Crippen LogP contribution < -0.4 is 4.72 Å². The largest absolute Gasteiger partial charge is 0.224 e. The van der Waals surface area contributed by atoms with E-state index < -0.39 is 19.9 Å². The van der Waals surface area contributed by atoms with Gasteiger partial charge in [-0.2, -0.15) is 0 Å². The second kappa shape index (κ2) is 5.47. The zero-order valence-corrected chi connectivity index (χ0v) is 12.3. The van der Waals surface area contributed by atoms with Crippen molar-refractivity contribution in [2.75, 3.05) is 10.9 Å². The number of sulfone groups is 1. The van der Waals surface area contributed by atoms with Gasteiger partial charge >= 0.3 is 0 Å². The Kier molecular flexibility index (Phi) is 4.70. The van der Waals surface area contributed by atoms with Crippen molar-refractivity contribution in [1.82, 2.24) is 4.72 Å². The predicted molar refractivity (Wildman–Crippen MR) is 69.1 cm³/mol. The van der Waals surface area contributed by atoms with Gasteiger partial charge in [0, 0.05) is 12.8 Å². The molecule has 0 aliphatic heterocycles. The highest BCUT2D eigenvalue weighted by atomic mass is 79.9. The van der Waals surface area contributed by atoms with Crippen LogP contribution in [-0.4, -0.2) is 27.8 Å². The SMILES string of the molecule is CS(=O)(=O)c1ccc(CNS(=O)(=O)CBr)cc1. The van der Waals surface area contributed by atoms with Crippen LogP contribution in [-0.2, 0) is 26.4 Å². The Morgan fingerprint density at radius 1 is 1.12 bits per heavy atom. The Balaban J connectivity index is 2.77. The van der Waals surface area contributed by atoms with Crippen molar-refractivity contribution in [2.45, 2.75) is 11.4 Å². The lowest BCUT2D eigenvalue weighted by Gasteiger charge is -2.04. The zero-order chi connectivity index (χ0) is 13.1. The number of rotatable bonds is 5. The van der Waals surface area contributed by atoms with Crippen LogP contribution in [0.3, 0.4) is 0 Å². The van der Waals surface area contributed by atoms with Crippen molar-refractivity contribution in [1.29, 1.82) is 0 Å². The number of halogens is 1. The molecular formula is C9H12BrNO4S2. The number of hydrogen-bond acceptors (Lipinski definition) is 4. The van der Waals surface area contributed by atoms with Crippen LogP contribution in [0.5, 0.6) is 0 Å². The molecule has 0 heterocycles. The van der Waals surface area contributed by atoms with Crippen LogP contribution in [0.1, 0.15) is 5.56 Å². The highest BCUT2D eigenvalue weighted by Gasteiger charge is 2.08. The van der Waals surface area contributed by atoms with Crippen LogP contribution in [0.25, 0.3) is 0 Å². The van der Waals surface area contributed by atoms with E-state index in [0.29, 0.717) is 5.56 Å². The summed E-state index contributed by atoms with van der Waals surface area (Å²) in [5.74, 6) is 0. The molecule has 0 atom stereocenters. The third-order valence-corrected chi connectivity index (χ3v) is 5.80. The van der Waals surface area contributed by atoms with Crippen molar-refractivity contribution < 1.29 is 16.8 Å². The average Bonchev–Trinajstić information content (AvgIpc) is 2.26. The van der Waals surface area contributed by atoms with E-state index in [4.69, 9.17) is 0 Å². The summed E-state index contributed by atoms with van der Waals surface area (Å²) in [5, 5.41) is 0. The van der Waals surface area contributed by atoms with Gasteiger partial charge in [-0.1, -0.05) is 28.1 Å². The van der Waals surface area contributed by atoms with Gasteiger partial charge in [0.25, 0.3) is 0 Å². The van der Waals surface area contributed by atoms with Crippen molar-refractivity contribution in [3.63, 3.8) is 0 Å². The summed E-state index contributed by atoms with van der Waals surface area (Å²) in [4.78, 5) is 0.213. The topological polar surface area (TPSA) is 80.3 Å². The van der Waals surface area contributed by atoms with E-state index in [1.54, 1.807) is 12.1 Å². The molecule has 96 valence electrons. The fourth-order valence-corrected chi connectivity index (χ4v) is 2.67. The Bertz CT molecular complexity index is 578. The second-order valence-electron chi connectivity index (χ2n) is 3.46. The van der Waals surface area contributed by atoms with Gasteiger partial charge in [0.05, 0.1) is 4.90 Å². The minimum Gasteiger partial charge on any atom is -0.224 e. The molecule has 5 nitrogen and oxygen atoms in total. The molecule has 1 rings (SSSR count). The first-order valence-corrected chi connectivity index (χ1v) is 9.23. The van der Waals surface area contributed by atoms with Crippen molar-refractivity contribution >= 4 is 35.8 Å². The molecule has 8 heteroatoms. The van der Waals surface area contributed by atoms with Crippen molar-refractivity contribution in [3.05, 3.63) is 29.8 Å². The van der Waals surface area contributed by atoms with Gasteiger partial charge in [-0.15, -0.1) is 0 Å². The Morgan fingerprint density at radius 2 is 1.65 bits per heavy atom. The lowest BCUT2D eigenvalue weighted by molar-refractivity contribution is 0.586. The highest BCUT2D eigenvalue weighted by Crippen LogP contribution is 2.10. The summed E-state index contributed by atoms with van der Waals surface area (Å²) in [6.45, 7) is 0.137. The number of hydrogen-bond donors (Lipinski definition) is 1. The molecule has 1 N–H and O–H groups in total. The van der Waals surface area contributed by atoms with E-state index in [1.807, 2.05) is 0 Å². The molecule has 0 unspecified atom stereocenters. The van der Waals surface area contributed by atoms with Crippen LogP contribution in [0.4, 0.5) is 0 Å². The highest BCUT2D eigenvalue weighted by molar-refractivity contribution is 9.10. The number of sulfonamides is 1. The molecule has 0 bridgehead atoms. The van der Waals surface area contributed by atoms with Crippen molar-refractivity contribution in [2.24, 2.45) is 0 Å². The van der Waals surface area contributed by atoms with E-state index >= 15 is 0 Å². The van der Waals surface area contributed by atoms with Crippen LogP contribution >= 0.6 is 15.9 Å². The molecule has 0 spiro atoms. The maximum atomic E-state index is 11.2. The van der Waals surface area contributed by atoms with Gasteiger partial charge in [0.15, 0.2) is 9.84 Å². The smallest absolute Gasteiger partial charge is 0.221 e. The third kappa shape index (κ3) is 4.74. The zero-order valence-electron chi connectivity index (χ0n) is 9.05. The normalized spacial score (nSPS) is 12.6. The second-order valence-corrected chi connectivity index (χ2v) is 8.59. The molecule has 0 saturated heterocycles. The molecule has 17 heavy (non-hydrogen) atoms. The third-order valence-electron chi connectivity index (χ3n) is 1.99.